The minimum atomic E-state index is -0.308. The van der Waals surface area contributed by atoms with Crippen LogP contribution in [0.1, 0.15) is 44.1 Å². The van der Waals surface area contributed by atoms with Gasteiger partial charge in [-0.1, -0.05) is 12.1 Å². The molecule has 0 aliphatic heterocycles. The van der Waals surface area contributed by atoms with E-state index in [4.69, 9.17) is 0 Å². The van der Waals surface area contributed by atoms with Crippen LogP contribution in [0.2, 0.25) is 0 Å². The monoisotopic (exact) mass is 405 g/mol. The van der Waals surface area contributed by atoms with Gasteiger partial charge < -0.3 is 9.64 Å². The summed E-state index contributed by atoms with van der Waals surface area (Å²) in [4.78, 5) is 26.8. The van der Waals surface area contributed by atoms with Crippen molar-refractivity contribution in [3.05, 3.63) is 35.6 Å². The summed E-state index contributed by atoms with van der Waals surface area (Å²) >= 11 is 1.31. The third-order valence-electron chi connectivity index (χ3n) is 6.81. The molecule has 0 heterocycles. The lowest BCUT2D eigenvalue weighted by Gasteiger charge is -2.60. The smallest absolute Gasteiger partial charge is 0.315 e. The molecule has 4 fully saturated rings. The summed E-state index contributed by atoms with van der Waals surface area (Å²) in [5.74, 6) is 2.18. The van der Waals surface area contributed by atoms with E-state index in [9.17, 15) is 14.0 Å². The molecule has 0 atom stereocenters. The molecule has 0 saturated heterocycles. The lowest BCUT2D eigenvalue weighted by atomic mass is 9.52. The summed E-state index contributed by atoms with van der Waals surface area (Å²) in [5, 5.41) is 0. The molecule has 6 heteroatoms. The van der Waals surface area contributed by atoms with E-state index in [0.717, 1.165) is 42.6 Å². The summed E-state index contributed by atoms with van der Waals surface area (Å²) in [6, 6.07) is 6.47. The van der Waals surface area contributed by atoms with E-state index in [2.05, 4.69) is 9.64 Å². The van der Waals surface area contributed by atoms with Crippen molar-refractivity contribution in [3.63, 3.8) is 0 Å². The molecule has 1 aromatic carbocycles. The highest BCUT2D eigenvalue weighted by Crippen LogP contribution is 2.58. The van der Waals surface area contributed by atoms with Crippen LogP contribution >= 0.6 is 11.8 Å². The van der Waals surface area contributed by atoms with Crippen LogP contribution < -0.4 is 0 Å². The maximum absolute atomic E-state index is 13.3. The zero-order valence-electron chi connectivity index (χ0n) is 16.4. The summed E-state index contributed by atoms with van der Waals surface area (Å²) in [5.41, 5.74) is 0.898. The zero-order chi connectivity index (χ0) is 19.7. The van der Waals surface area contributed by atoms with E-state index in [1.54, 1.807) is 12.1 Å². The van der Waals surface area contributed by atoms with Crippen LogP contribution in [0.3, 0.4) is 0 Å². The molecule has 0 radical (unpaired) electrons. The second-order valence-electron chi connectivity index (χ2n) is 8.82. The molecule has 0 unspecified atom stereocenters. The Morgan fingerprint density at radius 3 is 2.18 bits per heavy atom. The minimum absolute atomic E-state index is 0.0634. The fourth-order valence-corrected chi connectivity index (χ4v) is 6.76. The van der Waals surface area contributed by atoms with Crippen molar-refractivity contribution in [1.82, 2.24) is 4.90 Å². The normalized spacial score (nSPS) is 30.3. The van der Waals surface area contributed by atoms with Gasteiger partial charge >= 0.3 is 5.97 Å². The first kappa shape index (κ1) is 19.7. The average molecular weight is 406 g/mol. The second-order valence-corrected chi connectivity index (χ2v) is 9.80. The van der Waals surface area contributed by atoms with E-state index >= 15 is 0 Å². The van der Waals surface area contributed by atoms with Crippen molar-refractivity contribution in [2.45, 2.75) is 50.6 Å². The number of carbonyl (C=O) groups excluding carboxylic acids is 2. The number of rotatable bonds is 7. The zero-order valence-corrected chi connectivity index (χ0v) is 17.2. The first-order valence-electron chi connectivity index (χ1n) is 10.2. The van der Waals surface area contributed by atoms with Crippen LogP contribution in [0, 0.1) is 23.6 Å². The van der Waals surface area contributed by atoms with E-state index < -0.39 is 0 Å². The number of thioether (sulfide) groups is 1. The van der Waals surface area contributed by atoms with Gasteiger partial charge in [0.2, 0.25) is 5.91 Å². The van der Waals surface area contributed by atoms with Crippen molar-refractivity contribution in [2.24, 2.45) is 17.8 Å². The van der Waals surface area contributed by atoms with Crippen molar-refractivity contribution in [1.29, 1.82) is 0 Å². The van der Waals surface area contributed by atoms with Gasteiger partial charge in [0.15, 0.2) is 0 Å². The van der Waals surface area contributed by atoms with Crippen LogP contribution in [-0.2, 0) is 20.9 Å². The fourth-order valence-electron chi connectivity index (χ4n) is 6.05. The number of amides is 1. The molecule has 0 aromatic heterocycles. The number of hydrogen-bond acceptors (Lipinski definition) is 4. The Morgan fingerprint density at radius 1 is 1.07 bits per heavy atom. The lowest BCUT2D eigenvalue weighted by Crippen LogP contribution is -2.61. The molecule has 152 valence electrons. The van der Waals surface area contributed by atoms with Gasteiger partial charge in [0.1, 0.15) is 5.82 Å². The molecule has 4 aliphatic rings. The van der Waals surface area contributed by atoms with Crippen LogP contribution in [0.15, 0.2) is 24.3 Å². The number of esters is 1. The van der Waals surface area contributed by atoms with Gasteiger partial charge in [0, 0.05) is 12.1 Å². The Bertz CT molecular complexity index is 701. The molecule has 4 bridgehead atoms. The van der Waals surface area contributed by atoms with Gasteiger partial charge in [-0.2, -0.15) is 0 Å². The van der Waals surface area contributed by atoms with Gasteiger partial charge in [-0.15, -0.1) is 11.8 Å². The van der Waals surface area contributed by atoms with Crippen molar-refractivity contribution in [2.75, 3.05) is 18.6 Å². The van der Waals surface area contributed by atoms with E-state index in [1.165, 1.54) is 50.3 Å². The molecular weight excluding hydrogens is 377 g/mol. The Hall–Kier alpha value is -1.56. The third kappa shape index (κ3) is 4.07. The molecule has 1 aromatic rings. The van der Waals surface area contributed by atoms with Crippen molar-refractivity contribution >= 4 is 23.6 Å². The van der Waals surface area contributed by atoms with Crippen LogP contribution in [0.25, 0.3) is 0 Å². The van der Waals surface area contributed by atoms with Gasteiger partial charge in [-0.3, -0.25) is 9.59 Å². The maximum atomic E-state index is 13.3. The molecule has 4 nitrogen and oxygen atoms in total. The van der Waals surface area contributed by atoms with Crippen molar-refractivity contribution < 1.29 is 18.7 Å². The fraction of sp³-hybridized carbons (Fsp3) is 0.636. The number of ether oxygens (including phenoxy) is 1. The average Bonchev–Trinajstić information content (AvgIpc) is 2.66. The van der Waals surface area contributed by atoms with Gasteiger partial charge in [-0.05, 0) is 74.0 Å². The molecule has 4 aliphatic carbocycles. The third-order valence-corrected chi connectivity index (χ3v) is 7.70. The first-order valence-corrected chi connectivity index (χ1v) is 11.3. The number of carbonyl (C=O) groups is 2. The molecular formula is C22H28FNO3S. The number of hydrogen-bond donors (Lipinski definition) is 0. The number of benzene rings is 1. The first-order chi connectivity index (χ1) is 13.5. The van der Waals surface area contributed by atoms with Gasteiger partial charge in [0.05, 0.1) is 18.6 Å². The Balaban J connectivity index is 1.53. The van der Waals surface area contributed by atoms with Crippen LogP contribution in [0.4, 0.5) is 4.39 Å². The SMILES string of the molecule is COC(=O)CSCC(=O)N(Cc1ccc(F)cc1)C12CC3CC(CC(C3)C1)C2. The molecule has 0 spiro atoms. The summed E-state index contributed by atoms with van der Waals surface area (Å²) in [7, 11) is 1.36. The summed E-state index contributed by atoms with van der Waals surface area (Å²) < 4.78 is 18.0. The molecule has 1 amide bonds. The Labute approximate surface area is 170 Å². The molecule has 0 N–H and O–H groups in total. The number of nitrogens with zero attached hydrogens (tertiary/aromatic N) is 1. The number of halogens is 1. The lowest BCUT2D eigenvalue weighted by molar-refractivity contribution is -0.149. The summed E-state index contributed by atoms with van der Waals surface area (Å²) in [6.45, 7) is 0.518. The quantitative estimate of drug-likeness (QED) is 0.643. The van der Waals surface area contributed by atoms with E-state index in [0.29, 0.717) is 6.54 Å². The van der Waals surface area contributed by atoms with Crippen LogP contribution in [-0.4, -0.2) is 40.9 Å². The van der Waals surface area contributed by atoms with E-state index in [-0.39, 0.29) is 34.7 Å². The van der Waals surface area contributed by atoms with E-state index in [1.807, 2.05) is 0 Å². The standard InChI is InChI=1S/C22H28FNO3S/c1-27-21(26)14-28-13-20(25)24(12-15-2-4-19(23)5-3-15)22-9-16-6-17(10-22)8-18(7-16)11-22/h2-5,16-18H,6-14H2,1H3. The second kappa shape index (κ2) is 8.05. The Kier molecular flexibility index (Phi) is 5.68. The number of methoxy groups -OCH3 is 1. The van der Waals surface area contributed by atoms with Gasteiger partial charge in [0.25, 0.3) is 0 Å². The van der Waals surface area contributed by atoms with Gasteiger partial charge in [-0.25, -0.2) is 4.39 Å². The highest BCUT2D eigenvalue weighted by molar-refractivity contribution is 8.00. The Morgan fingerprint density at radius 2 is 1.64 bits per heavy atom. The predicted molar refractivity (Wildman–Crippen MR) is 107 cm³/mol. The molecule has 4 saturated carbocycles. The molecule has 5 rings (SSSR count). The molecule has 28 heavy (non-hydrogen) atoms. The highest BCUT2D eigenvalue weighted by atomic mass is 32.2. The minimum Gasteiger partial charge on any atom is -0.468 e. The highest BCUT2D eigenvalue weighted by Gasteiger charge is 2.54. The largest absolute Gasteiger partial charge is 0.468 e. The van der Waals surface area contributed by atoms with Crippen molar-refractivity contribution in [3.8, 4) is 0 Å². The topological polar surface area (TPSA) is 46.6 Å². The summed E-state index contributed by atoms with van der Waals surface area (Å²) in [6.07, 6.45) is 7.22. The van der Waals surface area contributed by atoms with Crippen LogP contribution in [0.5, 0.6) is 0 Å². The predicted octanol–water partition coefficient (Wildman–Crippen LogP) is 4.03. The maximum Gasteiger partial charge on any atom is 0.315 e.